The lowest BCUT2D eigenvalue weighted by Crippen LogP contribution is -2.24. The van der Waals surface area contributed by atoms with Crippen molar-refractivity contribution >= 4 is 11.6 Å². The molecule has 0 saturated carbocycles. The molecule has 0 radical (unpaired) electrons. The summed E-state index contributed by atoms with van der Waals surface area (Å²) in [6.07, 6.45) is 2.99. The van der Waals surface area contributed by atoms with Crippen LogP contribution in [0, 0.1) is 5.82 Å². The smallest absolute Gasteiger partial charge is 0.276 e. The Morgan fingerprint density at radius 3 is 2.68 bits per heavy atom. The monoisotopic (exact) mass is 343 g/mol. The zero-order chi connectivity index (χ0) is 17.8. The second-order valence-electron chi connectivity index (χ2n) is 5.11. The van der Waals surface area contributed by atoms with Crippen LogP contribution < -0.4 is 10.9 Å². The number of anilines is 1. The van der Waals surface area contributed by atoms with Crippen molar-refractivity contribution in [2.45, 2.75) is 6.54 Å². The standard InChI is InChI=1S/C16H14FN5O3/c17-11-1-3-13(4-2-11)22-15(24)6-5-14(20-22)16(25)19-12-9-18-21(10-12)7-8-23/h1-6,9-10,23H,7-8H2,(H,19,25). The van der Waals surface area contributed by atoms with Crippen molar-refractivity contribution < 1.29 is 14.3 Å². The number of aliphatic hydroxyl groups excluding tert-OH is 1. The van der Waals surface area contributed by atoms with Gasteiger partial charge < -0.3 is 10.4 Å². The van der Waals surface area contributed by atoms with Gasteiger partial charge in [0.1, 0.15) is 11.5 Å². The first-order valence-corrected chi connectivity index (χ1v) is 7.38. The van der Waals surface area contributed by atoms with Gasteiger partial charge in [-0.25, -0.2) is 4.39 Å². The number of carbonyl (C=O) groups excluding carboxylic acids is 1. The molecule has 0 aliphatic carbocycles. The molecule has 8 nitrogen and oxygen atoms in total. The van der Waals surface area contributed by atoms with Crippen LogP contribution in [0.15, 0.2) is 53.6 Å². The minimum absolute atomic E-state index is 0.0128. The molecule has 128 valence electrons. The molecule has 2 N–H and O–H groups in total. The van der Waals surface area contributed by atoms with Crippen molar-refractivity contribution in [3.63, 3.8) is 0 Å². The summed E-state index contributed by atoms with van der Waals surface area (Å²) in [4.78, 5) is 24.2. The summed E-state index contributed by atoms with van der Waals surface area (Å²) in [7, 11) is 0. The molecular formula is C16H14FN5O3. The highest BCUT2D eigenvalue weighted by atomic mass is 19.1. The normalized spacial score (nSPS) is 10.6. The summed E-state index contributed by atoms with van der Waals surface area (Å²) in [5.74, 6) is -0.968. The van der Waals surface area contributed by atoms with E-state index in [0.29, 0.717) is 17.9 Å². The Balaban J connectivity index is 1.84. The van der Waals surface area contributed by atoms with Crippen molar-refractivity contribution in [3.05, 3.63) is 70.7 Å². The van der Waals surface area contributed by atoms with E-state index in [9.17, 15) is 14.0 Å². The van der Waals surface area contributed by atoms with Crippen LogP contribution in [0.25, 0.3) is 5.69 Å². The molecule has 2 heterocycles. The fourth-order valence-electron chi connectivity index (χ4n) is 2.15. The molecule has 0 atom stereocenters. The molecule has 1 aromatic carbocycles. The average molecular weight is 343 g/mol. The molecule has 1 amide bonds. The number of carbonyl (C=O) groups is 1. The molecule has 0 aliphatic heterocycles. The zero-order valence-electron chi connectivity index (χ0n) is 13.0. The van der Waals surface area contributed by atoms with Crippen molar-refractivity contribution in [2.75, 3.05) is 11.9 Å². The Bertz CT molecular complexity index is 949. The maximum Gasteiger partial charge on any atom is 0.276 e. The van der Waals surface area contributed by atoms with E-state index in [1.807, 2.05) is 0 Å². The maximum absolute atomic E-state index is 13.0. The van der Waals surface area contributed by atoms with Crippen LogP contribution in [-0.2, 0) is 6.54 Å². The van der Waals surface area contributed by atoms with E-state index in [1.54, 1.807) is 6.20 Å². The van der Waals surface area contributed by atoms with Crippen LogP contribution in [-0.4, -0.2) is 37.2 Å². The Morgan fingerprint density at radius 1 is 1.20 bits per heavy atom. The third-order valence-corrected chi connectivity index (χ3v) is 3.32. The molecular weight excluding hydrogens is 329 g/mol. The molecule has 0 unspecified atom stereocenters. The van der Waals surface area contributed by atoms with E-state index in [0.717, 1.165) is 4.68 Å². The zero-order valence-corrected chi connectivity index (χ0v) is 13.0. The lowest BCUT2D eigenvalue weighted by molar-refractivity contribution is 0.102. The Hall–Kier alpha value is -3.33. The number of halogens is 1. The molecule has 3 aromatic rings. The topological polar surface area (TPSA) is 102 Å². The van der Waals surface area contributed by atoms with Gasteiger partial charge >= 0.3 is 0 Å². The first-order valence-electron chi connectivity index (χ1n) is 7.38. The third-order valence-electron chi connectivity index (χ3n) is 3.32. The minimum Gasteiger partial charge on any atom is -0.394 e. The molecule has 2 aromatic heterocycles. The number of hydrogen-bond acceptors (Lipinski definition) is 5. The van der Waals surface area contributed by atoms with E-state index in [4.69, 9.17) is 5.11 Å². The van der Waals surface area contributed by atoms with E-state index < -0.39 is 17.3 Å². The second kappa shape index (κ2) is 7.05. The molecule has 0 bridgehead atoms. The van der Waals surface area contributed by atoms with Crippen LogP contribution in [0.1, 0.15) is 10.5 Å². The number of aliphatic hydroxyl groups is 1. The number of nitrogens with zero attached hydrogens (tertiary/aromatic N) is 4. The number of hydrogen-bond donors (Lipinski definition) is 2. The summed E-state index contributed by atoms with van der Waals surface area (Å²) < 4.78 is 15.5. The summed E-state index contributed by atoms with van der Waals surface area (Å²) in [5, 5.41) is 19.4. The van der Waals surface area contributed by atoms with Crippen LogP contribution in [0.4, 0.5) is 10.1 Å². The predicted molar refractivity (Wildman–Crippen MR) is 87.1 cm³/mol. The lowest BCUT2D eigenvalue weighted by Gasteiger charge is -2.07. The van der Waals surface area contributed by atoms with Crippen molar-refractivity contribution in [1.82, 2.24) is 19.6 Å². The average Bonchev–Trinajstić information content (AvgIpc) is 3.03. The van der Waals surface area contributed by atoms with Crippen molar-refractivity contribution in [3.8, 4) is 5.69 Å². The first-order chi connectivity index (χ1) is 12.1. The van der Waals surface area contributed by atoms with Gasteiger partial charge in [0.15, 0.2) is 0 Å². The number of benzene rings is 1. The Kier molecular flexibility index (Phi) is 4.66. The van der Waals surface area contributed by atoms with E-state index in [2.05, 4.69) is 15.5 Å². The molecule has 0 aliphatic rings. The van der Waals surface area contributed by atoms with Crippen LogP contribution in [0.2, 0.25) is 0 Å². The minimum atomic E-state index is -0.528. The van der Waals surface area contributed by atoms with Gasteiger partial charge in [0.25, 0.3) is 11.5 Å². The van der Waals surface area contributed by atoms with Crippen molar-refractivity contribution in [1.29, 1.82) is 0 Å². The quantitative estimate of drug-likeness (QED) is 0.714. The molecule has 3 rings (SSSR count). The Morgan fingerprint density at radius 2 is 1.96 bits per heavy atom. The Labute approximate surface area is 141 Å². The van der Waals surface area contributed by atoms with Crippen LogP contribution in [0.3, 0.4) is 0 Å². The molecule has 25 heavy (non-hydrogen) atoms. The van der Waals surface area contributed by atoms with Gasteiger partial charge in [0.2, 0.25) is 0 Å². The molecule has 0 saturated heterocycles. The molecule has 0 fully saturated rings. The number of rotatable bonds is 5. The highest BCUT2D eigenvalue weighted by molar-refractivity contribution is 6.02. The largest absolute Gasteiger partial charge is 0.394 e. The van der Waals surface area contributed by atoms with Crippen LogP contribution >= 0.6 is 0 Å². The fraction of sp³-hybridized carbons (Fsp3) is 0.125. The summed E-state index contributed by atoms with van der Waals surface area (Å²) in [6, 6.07) is 7.70. The maximum atomic E-state index is 13.0. The van der Waals surface area contributed by atoms with Crippen molar-refractivity contribution in [2.24, 2.45) is 0 Å². The SMILES string of the molecule is O=C(Nc1cnn(CCO)c1)c1ccc(=O)n(-c2ccc(F)cc2)n1. The highest BCUT2D eigenvalue weighted by Crippen LogP contribution is 2.08. The van der Waals surface area contributed by atoms with E-state index >= 15 is 0 Å². The summed E-state index contributed by atoms with van der Waals surface area (Å²) in [5.41, 5.74) is 0.342. The number of nitrogens with one attached hydrogen (secondary N) is 1. The number of aromatic nitrogens is 4. The summed E-state index contributed by atoms with van der Waals surface area (Å²) >= 11 is 0. The fourth-order valence-corrected chi connectivity index (χ4v) is 2.15. The van der Waals surface area contributed by atoms with Gasteiger partial charge in [-0.3, -0.25) is 14.3 Å². The predicted octanol–water partition coefficient (Wildman–Crippen LogP) is 0.813. The molecule has 9 heteroatoms. The van der Waals surface area contributed by atoms with Gasteiger partial charge in [-0.15, -0.1) is 0 Å². The third kappa shape index (κ3) is 3.78. The van der Waals surface area contributed by atoms with Gasteiger partial charge in [0, 0.05) is 12.3 Å². The van der Waals surface area contributed by atoms with E-state index in [-0.39, 0.29) is 12.3 Å². The van der Waals surface area contributed by atoms with Gasteiger partial charge in [0.05, 0.1) is 30.7 Å². The van der Waals surface area contributed by atoms with Gasteiger partial charge in [-0.05, 0) is 30.3 Å². The molecule has 0 spiro atoms. The number of amides is 1. The van der Waals surface area contributed by atoms with Crippen LogP contribution in [0.5, 0.6) is 0 Å². The highest BCUT2D eigenvalue weighted by Gasteiger charge is 2.12. The summed E-state index contributed by atoms with van der Waals surface area (Å²) in [6.45, 7) is 0.239. The first kappa shape index (κ1) is 16.5. The van der Waals surface area contributed by atoms with E-state index in [1.165, 1.54) is 47.3 Å². The van der Waals surface area contributed by atoms with Gasteiger partial charge in [-0.2, -0.15) is 14.9 Å². The van der Waals surface area contributed by atoms with Gasteiger partial charge in [-0.1, -0.05) is 0 Å². The lowest BCUT2D eigenvalue weighted by atomic mass is 10.3. The second-order valence-corrected chi connectivity index (χ2v) is 5.11.